The van der Waals surface area contributed by atoms with Crippen LogP contribution in [0.4, 0.5) is 5.69 Å². The Balaban J connectivity index is 1.40. The van der Waals surface area contributed by atoms with E-state index in [4.69, 9.17) is 0 Å². The average molecular weight is 374 g/mol. The largest absolute Gasteiger partial charge is 0.371 e. The fourth-order valence-corrected chi connectivity index (χ4v) is 4.17. The van der Waals surface area contributed by atoms with Crippen molar-refractivity contribution in [1.29, 1.82) is 0 Å². The van der Waals surface area contributed by atoms with Crippen LogP contribution in [0, 0.1) is 19.8 Å². The summed E-state index contributed by atoms with van der Waals surface area (Å²) >= 11 is 0. The smallest absolute Gasteiger partial charge is 0.253 e. The minimum absolute atomic E-state index is 0.0217. The molecule has 1 N–H and O–H groups in total. The maximum atomic E-state index is 12.8. The van der Waals surface area contributed by atoms with E-state index in [1.807, 2.05) is 44.2 Å². The van der Waals surface area contributed by atoms with Gasteiger partial charge in [-0.05, 0) is 56.5 Å². The average Bonchev–Trinajstić information content (AvgIpc) is 3.32. The van der Waals surface area contributed by atoms with Crippen LogP contribution in [-0.4, -0.2) is 30.1 Å². The van der Waals surface area contributed by atoms with Gasteiger partial charge in [-0.2, -0.15) is 0 Å². The Morgan fingerprint density at radius 1 is 1.00 bits per heavy atom. The van der Waals surface area contributed by atoms with Crippen molar-refractivity contribution in [3.8, 4) is 5.69 Å². The zero-order valence-electron chi connectivity index (χ0n) is 16.6. The number of aromatic nitrogens is 1. The van der Waals surface area contributed by atoms with E-state index in [1.54, 1.807) is 0 Å². The number of benzene rings is 2. The van der Waals surface area contributed by atoms with E-state index in [0.29, 0.717) is 5.92 Å². The molecule has 1 saturated heterocycles. The predicted octanol–water partition coefficient (Wildman–Crippen LogP) is 4.35. The highest BCUT2D eigenvalue weighted by molar-refractivity contribution is 5.95. The molecule has 4 heteroatoms. The number of nitrogens with one attached hydrogen (secondary N) is 1. The number of nitrogens with zero attached hydrogens (tertiary/aromatic N) is 2. The molecule has 1 aromatic heterocycles. The van der Waals surface area contributed by atoms with E-state index in [-0.39, 0.29) is 5.91 Å². The van der Waals surface area contributed by atoms with Crippen molar-refractivity contribution in [1.82, 2.24) is 9.88 Å². The summed E-state index contributed by atoms with van der Waals surface area (Å²) in [5.41, 5.74) is 5.18. The SMILES string of the molecule is Cc1cc(C(=O)NCC2CCN(c3ccccc3)C2)c(C)n1-c1ccccc1. The van der Waals surface area contributed by atoms with Crippen molar-refractivity contribution < 1.29 is 4.79 Å². The second-order valence-corrected chi connectivity index (χ2v) is 7.60. The molecule has 0 spiro atoms. The van der Waals surface area contributed by atoms with Crippen LogP contribution in [0.25, 0.3) is 5.69 Å². The van der Waals surface area contributed by atoms with Crippen molar-refractivity contribution in [2.75, 3.05) is 24.5 Å². The van der Waals surface area contributed by atoms with Crippen LogP contribution in [0.15, 0.2) is 66.7 Å². The molecule has 28 heavy (non-hydrogen) atoms. The van der Waals surface area contributed by atoms with Gasteiger partial charge in [-0.15, -0.1) is 0 Å². The molecule has 1 atom stereocenters. The van der Waals surface area contributed by atoms with Crippen LogP contribution in [0.1, 0.15) is 28.2 Å². The number of anilines is 1. The Morgan fingerprint density at radius 3 is 2.32 bits per heavy atom. The van der Waals surface area contributed by atoms with Crippen molar-refractivity contribution in [2.45, 2.75) is 20.3 Å². The second-order valence-electron chi connectivity index (χ2n) is 7.60. The molecular weight excluding hydrogens is 346 g/mol. The first-order chi connectivity index (χ1) is 13.6. The first-order valence-corrected chi connectivity index (χ1v) is 9.96. The molecule has 3 aromatic rings. The molecule has 144 valence electrons. The lowest BCUT2D eigenvalue weighted by molar-refractivity contribution is 0.0947. The maximum absolute atomic E-state index is 12.8. The molecule has 0 aliphatic carbocycles. The van der Waals surface area contributed by atoms with E-state index < -0.39 is 0 Å². The third-order valence-electron chi connectivity index (χ3n) is 5.65. The first kappa shape index (κ1) is 18.4. The summed E-state index contributed by atoms with van der Waals surface area (Å²) in [4.78, 5) is 15.2. The maximum Gasteiger partial charge on any atom is 0.253 e. The van der Waals surface area contributed by atoms with Gasteiger partial charge in [-0.1, -0.05) is 36.4 Å². The van der Waals surface area contributed by atoms with Gasteiger partial charge in [0.25, 0.3) is 5.91 Å². The number of amides is 1. The number of aryl methyl sites for hydroxylation is 1. The lowest BCUT2D eigenvalue weighted by atomic mass is 10.1. The third-order valence-corrected chi connectivity index (χ3v) is 5.65. The molecular formula is C24H27N3O. The first-order valence-electron chi connectivity index (χ1n) is 9.96. The molecule has 1 aliphatic heterocycles. The topological polar surface area (TPSA) is 37.3 Å². The minimum Gasteiger partial charge on any atom is -0.371 e. The van der Waals surface area contributed by atoms with Gasteiger partial charge in [0.15, 0.2) is 0 Å². The number of hydrogen-bond acceptors (Lipinski definition) is 2. The summed E-state index contributed by atoms with van der Waals surface area (Å²) in [7, 11) is 0. The van der Waals surface area contributed by atoms with Crippen LogP contribution in [-0.2, 0) is 0 Å². The molecule has 1 unspecified atom stereocenters. The van der Waals surface area contributed by atoms with Gasteiger partial charge in [0.1, 0.15) is 0 Å². The molecule has 0 saturated carbocycles. The predicted molar refractivity (Wildman–Crippen MR) is 114 cm³/mol. The standard InChI is InChI=1S/C24H27N3O/c1-18-15-23(19(2)27(18)22-11-7-4-8-12-22)24(28)25-16-20-13-14-26(17-20)21-9-5-3-6-10-21/h3-12,15,20H,13-14,16-17H2,1-2H3,(H,25,28). The monoisotopic (exact) mass is 373 g/mol. The highest BCUT2D eigenvalue weighted by Gasteiger charge is 2.24. The highest BCUT2D eigenvalue weighted by Crippen LogP contribution is 2.24. The summed E-state index contributed by atoms with van der Waals surface area (Å²) in [6, 6.07) is 22.7. The molecule has 2 aromatic carbocycles. The second kappa shape index (κ2) is 7.93. The fourth-order valence-electron chi connectivity index (χ4n) is 4.17. The van der Waals surface area contributed by atoms with Gasteiger partial charge in [0.05, 0.1) is 5.56 Å². The summed E-state index contributed by atoms with van der Waals surface area (Å²) in [6.45, 7) is 6.82. The Kier molecular flexibility index (Phi) is 5.20. The Morgan fingerprint density at radius 2 is 1.64 bits per heavy atom. The van der Waals surface area contributed by atoms with Gasteiger partial charge in [-0.3, -0.25) is 4.79 Å². The van der Waals surface area contributed by atoms with Gasteiger partial charge >= 0.3 is 0 Å². The number of hydrogen-bond donors (Lipinski definition) is 1. The molecule has 2 heterocycles. The Hall–Kier alpha value is -3.01. The van der Waals surface area contributed by atoms with Crippen LogP contribution in [0.2, 0.25) is 0 Å². The zero-order chi connectivity index (χ0) is 19.5. The quantitative estimate of drug-likeness (QED) is 0.722. The summed E-state index contributed by atoms with van der Waals surface area (Å²) in [6.07, 6.45) is 1.11. The fraction of sp³-hybridized carbons (Fsp3) is 0.292. The van der Waals surface area contributed by atoms with E-state index in [0.717, 1.165) is 48.7 Å². The molecule has 1 aliphatic rings. The van der Waals surface area contributed by atoms with Gasteiger partial charge in [0.2, 0.25) is 0 Å². The molecule has 1 amide bonds. The number of carbonyl (C=O) groups is 1. The van der Waals surface area contributed by atoms with Crippen LogP contribution in [0.3, 0.4) is 0 Å². The Labute approximate surface area is 166 Å². The van der Waals surface area contributed by atoms with Crippen molar-refractivity contribution >= 4 is 11.6 Å². The normalized spacial score (nSPS) is 16.4. The molecule has 0 bridgehead atoms. The lowest BCUT2D eigenvalue weighted by Gasteiger charge is -2.18. The van der Waals surface area contributed by atoms with Crippen molar-refractivity contribution in [3.63, 3.8) is 0 Å². The third kappa shape index (κ3) is 3.68. The number of rotatable bonds is 5. The molecule has 0 radical (unpaired) electrons. The Bertz CT molecular complexity index is 947. The van der Waals surface area contributed by atoms with Crippen LogP contribution in [0.5, 0.6) is 0 Å². The lowest BCUT2D eigenvalue weighted by Crippen LogP contribution is -2.31. The number of carbonyl (C=O) groups excluding carboxylic acids is 1. The van der Waals surface area contributed by atoms with Gasteiger partial charge in [0, 0.05) is 42.4 Å². The van der Waals surface area contributed by atoms with Crippen molar-refractivity contribution in [2.24, 2.45) is 5.92 Å². The van der Waals surface area contributed by atoms with Gasteiger partial charge in [-0.25, -0.2) is 0 Å². The summed E-state index contributed by atoms with van der Waals surface area (Å²) < 4.78 is 2.14. The number of para-hydroxylation sites is 2. The highest BCUT2D eigenvalue weighted by atomic mass is 16.1. The van der Waals surface area contributed by atoms with E-state index in [2.05, 4.69) is 51.2 Å². The van der Waals surface area contributed by atoms with E-state index in [9.17, 15) is 4.79 Å². The summed E-state index contributed by atoms with van der Waals surface area (Å²) in [5, 5.41) is 3.17. The van der Waals surface area contributed by atoms with Crippen molar-refractivity contribution in [3.05, 3.63) is 83.7 Å². The van der Waals surface area contributed by atoms with Crippen LogP contribution < -0.4 is 10.2 Å². The molecule has 1 fully saturated rings. The van der Waals surface area contributed by atoms with Crippen LogP contribution >= 0.6 is 0 Å². The summed E-state index contributed by atoms with van der Waals surface area (Å²) in [5.74, 6) is 0.509. The molecule has 4 rings (SSSR count). The molecule has 4 nitrogen and oxygen atoms in total. The van der Waals surface area contributed by atoms with E-state index >= 15 is 0 Å². The minimum atomic E-state index is 0.0217. The zero-order valence-corrected chi connectivity index (χ0v) is 16.6. The van der Waals surface area contributed by atoms with E-state index in [1.165, 1.54) is 5.69 Å². The van der Waals surface area contributed by atoms with Gasteiger partial charge < -0.3 is 14.8 Å².